The van der Waals surface area contributed by atoms with Crippen molar-refractivity contribution in [3.8, 4) is 0 Å². The molecule has 88 valence electrons. The summed E-state index contributed by atoms with van der Waals surface area (Å²) in [5.41, 5.74) is 1.27. The Morgan fingerprint density at radius 1 is 1.47 bits per heavy atom. The van der Waals surface area contributed by atoms with Gasteiger partial charge in [-0.05, 0) is 26.8 Å². The second-order valence-electron chi connectivity index (χ2n) is 3.95. The first-order valence-electron chi connectivity index (χ1n) is 5.47. The number of nitrogens with one attached hydrogen (secondary N) is 1. The van der Waals surface area contributed by atoms with Gasteiger partial charge in [0.15, 0.2) is 0 Å². The minimum absolute atomic E-state index is 0. The van der Waals surface area contributed by atoms with Crippen LogP contribution in [-0.2, 0) is 6.54 Å². The lowest BCUT2D eigenvalue weighted by Gasteiger charge is -2.03. The Morgan fingerprint density at radius 2 is 2.20 bits per heavy atom. The molecule has 0 bridgehead atoms. The largest absolute Gasteiger partial charge is 0.313 e. The fourth-order valence-corrected chi connectivity index (χ4v) is 1.29. The van der Waals surface area contributed by atoms with E-state index in [1.165, 1.54) is 18.4 Å². The summed E-state index contributed by atoms with van der Waals surface area (Å²) in [6.45, 7) is 8.52. The number of aromatic nitrogens is 2. The molecule has 0 aliphatic heterocycles. The van der Waals surface area contributed by atoms with Gasteiger partial charge >= 0.3 is 0 Å². The first-order chi connectivity index (χ1) is 6.74. The summed E-state index contributed by atoms with van der Waals surface area (Å²) in [5.74, 6) is 0. The van der Waals surface area contributed by atoms with Gasteiger partial charge in [0.05, 0.1) is 6.20 Å². The number of halogens is 1. The van der Waals surface area contributed by atoms with Crippen LogP contribution >= 0.6 is 12.4 Å². The highest BCUT2D eigenvalue weighted by atomic mass is 35.5. The predicted molar refractivity (Wildman–Crippen MR) is 66.5 cm³/mol. The molecule has 1 aromatic rings. The smallest absolute Gasteiger partial charge is 0.0534 e. The molecule has 0 amide bonds. The van der Waals surface area contributed by atoms with Gasteiger partial charge in [0.2, 0.25) is 0 Å². The van der Waals surface area contributed by atoms with Crippen molar-refractivity contribution in [2.45, 2.75) is 46.2 Å². The van der Waals surface area contributed by atoms with Gasteiger partial charge in [-0.25, -0.2) is 0 Å². The Balaban J connectivity index is 0.00000196. The molecule has 0 radical (unpaired) electrons. The average Bonchev–Trinajstić information content (AvgIpc) is 2.61. The zero-order valence-electron chi connectivity index (χ0n) is 9.86. The first kappa shape index (κ1) is 14.5. The van der Waals surface area contributed by atoms with Crippen LogP contribution in [0.5, 0.6) is 0 Å². The second kappa shape index (κ2) is 7.71. The van der Waals surface area contributed by atoms with Crippen LogP contribution in [0, 0.1) is 0 Å². The van der Waals surface area contributed by atoms with Crippen LogP contribution in [0.25, 0.3) is 0 Å². The molecule has 0 fully saturated rings. The SMILES string of the molecule is CCCCNCc1cnn(C(C)C)c1.Cl. The zero-order valence-corrected chi connectivity index (χ0v) is 10.7. The monoisotopic (exact) mass is 231 g/mol. The molecule has 0 saturated heterocycles. The van der Waals surface area contributed by atoms with Gasteiger partial charge in [0, 0.05) is 24.3 Å². The third kappa shape index (κ3) is 5.19. The molecule has 0 aromatic carbocycles. The van der Waals surface area contributed by atoms with Gasteiger partial charge in [0.1, 0.15) is 0 Å². The van der Waals surface area contributed by atoms with Gasteiger partial charge in [-0.2, -0.15) is 5.10 Å². The third-order valence-corrected chi connectivity index (χ3v) is 2.22. The molecule has 0 saturated carbocycles. The lowest BCUT2D eigenvalue weighted by Crippen LogP contribution is -2.13. The highest BCUT2D eigenvalue weighted by Crippen LogP contribution is 2.04. The quantitative estimate of drug-likeness (QED) is 0.764. The fraction of sp³-hybridized carbons (Fsp3) is 0.727. The van der Waals surface area contributed by atoms with Gasteiger partial charge < -0.3 is 5.32 Å². The number of nitrogens with zero attached hydrogens (tertiary/aromatic N) is 2. The minimum Gasteiger partial charge on any atom is -0.313 e. The molecular weight excluding hydrogens is 210 g/mol. The van der Waals surface area contributed by atoms with Gasteiger partial charge in [-0.3, -0.25) is 4.68 Å². The zero-order chi connectivity index (χ0) is 10.4. The summed E-state index contributed by atoms with van der Waals surface area (Å²) in [7, 11) is 0. The lowest BCUT2D eigenvalue weighted by molar-refractivity contribution is 0.531. The average molecular weight is 232 g/mol. The lowest BCUT2D eigenvalue weighted by atomic mass is 10.3. The molecule has 4 heteroatoms. The fourth-order valence-electron chi connectivity index (χ4n) is 1.29. The Labute approximate surface area is 98.7 Å². The summed E-state index contributed by atoms with van der Waals surface area (Å²) in [5, 5.41) is 7.69. The van der Waals surface area contributed by atoms with Crippen molar-refractivity contribution in [3.05, 3.63) is 18.0 Å². The van der Waals surface area contributed by atoms with Crippen LogP contribution in [0.1, 0.15) is 45.2 Å². The van der Waals surface area contributed by atoms with Crippen LogP contribution < -0.4 is 5.32 Å². The highest BCUT2D eigenvalue weighted by Gasteiger charge is 2.00. The molecule has 1 heterocycles. The molecule has 1 aromatic heterocycles. The van der Waals surface area contributed by atoms with E-state index < -0.39 is 0 Å². The van der Waals surface area contributed by atoms with E-state index in [2.05, 4.69) is 37.4 Å². The molecule has 0 unspecified atom stereocenters. The third-order valence-electron chi connectivity index (χ3n) is 2.22. The predicted octanol–water partition coefficient (Wildman–Crippen LogP) is 2.78. The molecule has 0 spiro atoms. The van der Waals surface area contributed by atoms with E-state index in [0.29, 0.717) is 6.04 Å². The summed E-state index contributed by atoms with van der Waals surface area (Å²) < 4.78 is 2.00. The van der Waals surface area contributed by atoms with Crippen LogP contribution in [-0.4, -0.2) is 16.3 Å². The van der Waals surface area contributed by atoms with Crippen molar-refractivity contribution in [2.24, 2.45) is 0 Å². The van der Waals surface area contributed by atoms with Crippen LogP contribution in [0.2, 0.25) is 0 Å². The minimum atomic E-state index is 0. The highest BCUT2D eigenvalue weighted by molar-refractivity contribution is 5.85. The van der Waals surface area contributed by atoms with E-state index in [-0.39, 0.29) is 12.4 Å². The van der Waals surface area contributed by atoms with Gasteiger partial charge in [0.25, 0.3) is 0 Å². The second-order valence-corrected chi connectivity index (χ2v) is 3.95. The summed E-state index contributed by atoms with van der Waals surface area (Å²) in [6, 6.07) is 0.458. The summed E-state index contributed by atoms with van der Waals surface area (Å²) in [6.07, 6.45) is 6.55. The van der Waals surface area contributed by atoms with Crippen LogP contribution in [0.3, 0.4) is 0 Å². The maximum Gasteiger partial charge on any atom is 0.0534 e. The molecule has 0 aliphatic carbocycles. The molecular formula is C11H22ClN3. The van der Waals surface area contributed by atoms with E-state index >= 15 is 0 Å². The number of hydrogen-bond donors (Lipinski definition) is 1. The Kier molecular flexibility index (Phi) is 7.44. The Hall–Kier alpha value is -0.540. The summed E-state index contributed by atoms with van der Waals surface area (Å²) in [4.78, 5) is 0. The van der Waals surface area contributed by atoms with Crippen molar-refractivity contribution < 1.29 is 0 Å². The molecule has 15 heavy (non-hydrogen) atoms. The molecule has 0 aliphatic rings. The van der Waals surface area contributed by atoms with Crippen molar-refractivity contribution in [1.29, 1.82) is 0 Å². The molecule has 3 nitrogen and oxygen atoms in total. The normalized spacial score (nSPS) is 10.4. The number of hydrogen-bond acceptors (Lipinski definition) is 2. The van der Waals surface area contributed by atoms with Crippen molar-refractivity contribution in [1.82, 2.24) is 15.1 Å². The van der Waals surface area contributed by atoms with Crippen molar-refractivity contribution in [2.75, 3.05) is 6.54 Å². The standard InChI is InChI=1S/C11H21N3.ClH/c1-4-5-6-12-7-11-8-13-14(9-11)10(2)3;/h8-10,12H,4-7H2,1-3H3;1H. The van der Waals surface area contributed by atoms with Crippen molar-refractivity contribution in [3.63, 3.8) is 0 Å². The number of rotatable bonds is 6. The molecule has 1 N–H and O–H groups in total. The van der Waals surface area contributed by atoms with E-state index in [1.807, 2.05) is 10.9 Å². The first-order valence-corrected chi connectivity index (χ1v) is 5.47. The Bertz CT molecular complexity index is 258. The van der Waals surface area contributed by atoms with E-state index in [1.54, 1.807) is 0 Å². The van der Waals surface area contributed by atoms with Crippen LogP contribution in [0.15, 0.2) is 12.4 Å². The molecule has 1 rings (SSSR count). The maximum atomic E-state index is 4.29. The van der Waals surface area contributed by atoms with Gasteiger partial charge in [-0.15, -0.1) is 12.4 Å². The van der Waals surface area contributed by atoms with Crippen molar-refractivity contribution >= 4 is 12.4 Å². The van der Waals surface area contributed by atoms with E-state index in [4.69, 9.17) is 0 Å². The van der Waals surface area contributed by atoms with Gasteiger partial charge in [-0.1, -0.05) is 13.3 Å². The summed E-state index contributed by atoms with van der Waals surface area (Å²) >= 11 is 0. The topological polar surface area (TPSA) is 29.9 Å². The maximum absolute atomic E-state index is 4.29. The van der Waals surface area contributed by atoms with E-state index in [9.17, 15) is 0 Å². The van der Waals surface area contributed by atoms with E-state index in [0.717, 1.165) is 13.1 Å². The Morgan fingerprint density at radius 3 is 2.73 bits per heavy atom. The number of unbranched alkanes of at least 4 members (excludes halogenated alkanes) is 1. The van der Waals surface area contributed by atoms with Crippen LogP contribution in [0.4, 0.5) is 0 Å². The molecule has 0 atom stereocenters.